The van der Waals surface area contributed by atoms with Crippen molar-refractivity contribution in [1.82, 2.24) is 10.0 Å². The lowest BCUT2D eigenvalue weighted by Gasteiger charge is -2.27. The van der Waals surface area contributed by atoms with Gasteiger partial charge in [0.25, 0.3) is 0 Å². The molecule has 0 aromatic rings. The summed E-state index contributed by atoms with van der Waals surface area (Å²) in [4.78, 5) is 0. The number of nitrogens with zero attached hydrogens (tertiary/aromatic N) is 1. The molecule has 102 valence electrons. The fourth-order valence-corrected chi connectivity index (χ4v) is 2.47. The molecule has 1 atom stereocenters. The molecule has 8 heteroatoms. The third-order valence-electron chi connectivity index (χ3n) is 2.00. The molecule has 0 spiro atoms. The summed E-state index contributed by atoms with van der Waals surface area (Å²) in [7, 11) is -3.24. The summed E-state index contributed by atoms with van der Waals surface area (Å²) < 4.78 is 24.7. The summed E-state index contributed by atoms with van der Waals surface area (Å²) >= 11 is 0. The number of oxime groups is 1. The van der Waals surface area contributed by atoms with Gasteiger partial charge in [0.1, 0.15) is 5.84 Å². The van der Waals surface area contributed by atoms with Gasteiger partial charge in [0, 0.05) is 24.5 Å². The number of sulfonamides is 1. The fourth-order valence-electron chi connectivity index (χ4n) is 1.39. The van der Waals surface area contributed by atoms with E-state index < -0.39 is 15.6 Å². The van der Waals surface area contributed by atoms with Crippen LogP contribution in [0.15, 0.2) is 5.16 Å². The highest BCUT2D eigenvalue weighted by Gasteiger charge is 2.22. The first kappa shape index (κ1) is 16.1. The molecule has 0 amide bonds. The number of hydrogen-bond donors (Lipinski definition) is 4. The number of nitrogens with two attached hydrogens (primary N) is 1. The first-order chi connectivity index (χ1) is 7.56. The van der Waals surface area contributed by atoms with Gasteiger partial charge in [-0.1, -0.05) is 5.16 Å². The van der Waals surface area contributed by atoms with Gasteiger partial charge in [0.15, 0.2) is 0 Å². The second-order valence-corrected chi connectivity index (χ2v) is 6.58. The molecule has 7 nitrogen and oxygen atoms in total. The first-order valence-corrected chi connectivity index (χ1v) is 7.13. The Balaban J connectivity index is 4.18. The minimum atomic E-state index is -3.24. The maximum atomic E-state index is 11.1. The second kappa shape index (κ2) is 6.18. The summed E-state index contributed by atoms with van der Waals surface area (Å²) in [6.07, 6.45) is 1.51. The van der Waals surface area contributed by atoms with E-state index in [1.54, 1.807) is 13.8 Å². The van der Waals surface area contributed by atoms with Crippen LogP contribution in [0.4, 0.5) is 0 Å². The van der Waals surface area contributed by atoms with E-state index in [-0.39, 0.29) is 11.9 Å². The SMILES string of the molecule is CC(CC(N)=NO)NCC(C)(C)NS(C)(=O)=O. The molecule has 0 saturated heterocycles. The molecule has 17 heavy (non-hydrogen) atoms. The van der Waals surface area contributed by atoms with Gasteiger partial charge < -0.3 is 16.3 Å². The van der Waals surface area contributed by atoms with Gasteiger partial charge in [-0.05, 0) is 20.8 Å². The van der Waals surface area contributed by atoms with Gasteiger partial charge in [0.2, 0.25) is 10.0 Å². The van der Waals surface area contributed by atoms with E-state index in [9.17, 15) is 8.42 Å². The summed E-state index contributed by atoms with van der Waals surface area (Å²) in [5.41, 5.74) is 4.77. The van der Waals surface area contributed by atoms with E-state index in [0.29, 0.717) is 13.0 Å². The van der Waals surface area contributed by atoms with Gasteiger partial charge in [-0.15, -0.1) is 0 Å². The van der Waals surface area contributed by atoms with E-state index in [2.05, 4.69) is 15.2 Å². The van der Waals surface area contributed by atoms with Crippen molar-refractivity contribution in [1.29, 1.82) is 0 Å². The molecule has 0 bridgehead atoms. The molecule has 1 unspecified atom stereocenters. The van der Waals surface area contributed by atoms with Crippen LogP contribution in [0.3, 0.4) is 0 Å². The Bertz CT molecular complexity index is 364. The maximum absolute atomic E-state index is 11.1. The molecule has 0 fully saturated rings. The Morgan fingerprint density at radius 1 is 1.53 bits per heavy atom. The Labute approximate surface area is 103 Å². The summed E-state index contributed by atoms with van der Waals surface area (Å²) in [6, 6.07) is -0.00784. The van der Waals surface area contributed by atoms with E-state index in [4.69, 9.17) is 10.9 Å². The molecule has 0 heterocycles. The zero-order valence-electron chi connectivity index (χ0n) is 10.7. The molecule has 0 aliphatic carbocycles. The van der Waals surface area contributed by atoms with Crippen molar-refractivity contribution < 1.29 is 13.6 Å². The highest BCUT2D eigenvalue weighted by atomic mass is 32.2. The van der Waals surface area contributed by atoms with Crippen LogP contribution in [0.25, 0.3) is 0 Å². The predicted molar refractivity (Wildman–Crippen MR) is 67.5 cm³/mol. The van der Waals surface area contributed by atoms with Crippen LogP contribution in [0, 0.1) is 0 Å². The molecule has 0 aromatic carbocycles. The minimum absolute atomic E-state index is 0.00784. The number of rotatable bonds is 7. The monoisotopic (exact) mass is 266 g/mol. The van der Waals surface area contributed by atoms with E-state index in [1.165, 1.54) is 0 Å². The van der Waals surface area contributed by atoms with Crippen molar-refractivity contribution in [3.8, 4) is 0 Å². The predicted octanol–water partition coefficient (Wildman–Crippen LogP) is -0.571. The van der Waals surface area contributed by atoms with Gasteiger partial charge in [0.05, 0.1) is 6.26 Å². The topological polar surface area (TPSA) is 117 Å². The van der Waals surface area contributed by atoms with Crippen molar-refractivity contribution in [3.05, 3.63) is 0 Å². The summed E-state index contributed by atoms with van der Waals surface area (Å²) in [5, 5.41) is 14.4. The van der Waals surface area contributed by atoms with Crippen molar-refractivity contribution in [2.45, 2.75) is 38.8 Å². The Morgan fingerprint density at radius 3 is 2.47 bits per heavy atom. The normalized spacial score (nSPS) is 15.9. The number of hydrogen-bond acceptors (Lipinski definition) is 5. The number of amidine groups is 1. The van der Waals surface area contributed by atoms with Crippen LogP contribution in [0.2, 0.25) is 0 Å². The average molecular weight is 266 g/mol. The van der Waals surface area contributed by atoms with Crippen LogP contribution in [0.1, 0.15) is 27.2 Å². The maximum Gasteiger partial charge on any atom is 0.209 e. The van der Waals surface area contributed by atoms with Gasteiger partial charge in [-0.2, -0.15) is 0 Å². The molecule has 0 aliphatic heterocycles. The van der Waals surface area contributed by atoms with Crippen LogP contribution >= 0.6 is 0 Å². The lowest BCUT2D eigenvalue weighted by molar-refractivity contribution is 0.315. The molecule has 0 aromatic heterocycles. The van der Waals surface area contributed by atoms with Crippen molar-refractivity contribution >= 4 is 15.9 Å². The lowest BCUT2D eigenvalue weighted by atomic mass is 10.1. The Kier molecular flexibility index (Phi) is 5.86. The van der Waals surface area contributed by atoms with Crippen molar-refractivity contribution in [2.24, 2.45) is 10.9 Å². The highest BCUT2D eigenvalue weighted by Crippen LogP contribution is 2.03. The van der Waals surface area contributed by atoms with E-state index in [0.717, 1.165) is 6.26 Å². The second-order valence-electron chi connectivity index (χ2n) is 4.84. The Hall–Kier alpha value is -0.860. The number of nitrogens with one attached hydrogen (secondary N) is 2. The molecule has 0 rings (SSSR count). The molecule has 5 N–H and O–H groups in total. The van der Waals surface area contributed by atoms with E-state index in [1.807, 2.05) is 6.92 Å². The summed E-state index contributed by atoms with van der Waals surface area (Å²) in [6.45, 7) is 5.86. The van der Waals surface area contributed by atoms with Crippen LogP contribution in [-0.2, 0) is 10.0 Å². The minimum Gasteiger partial charge on any atom is -0.409 e. The molecule has 0 aliphatic rings. The zero-order valence-corrected chi connectivity index (χ0v) is 11.5. The van der Waals surface area contributed by atoms with Gasteiger partial charge in [-0.25, -0.2) is 13.1 Å². The van der Waals surface area contributed by atoms with Gasteiger partial charge >= 0.3 is 0 Å². The third kappa shape index (κ3) is 8.90. The Morgan fingerprint density at radius 2 is 2.06 bits per heavy atom. The largest absolute Gasteiger partial charge is 0.409 e. The van der Waals surface area contributed by atoms with Crippen LogP contribution < -0.4 is 15.8 Å². The van der Waals surface area contributed by atoms with Crippen LogP contribution in [-0.4, -0.2) is 43.8 Å². The molecule has 0 radical (unpaired) electrons. The molecule has 0 saturated carbocycles. The average Bonchev–Trinajstić information content (AvgIpc) is 2.11. The van der Waals surface area contributed by atoms with E-state index >= 15 is 0 Å². The smallest absolute Gasteiger partial charge is 0.209 e. The highest BCUT2D eigenvalue weighted by molar-refractivity contribution is 7.88. The first-order valence-electron chi connectivity index (χ1n) is 5.24. The summed E-state index contributed by atoms with van der Waals surface area (Å²) in [5.74, 6) is 0.138. The third-order valence-corrected chi connectivity index (χ3v) is 2.92. The fraction of sp³-hybridized carbons (Fsp3) is 0.889. The quantitative estimate of drug-likeness (QED) is 0.213. The zero-order chi connectivity index (χ0) is 13.7. The van der Waals surface area contributed by atoms with Gasteiger partial charge in [-0.3, -0.25) is 0 Å². The molecular formula is C9H22N4O3S. The standard InChI is InChI=1S/C9H22N4O3S/c1-7(5-8(10)12-14)11-6-9(2,3)13-17(4,15)16/h7,11,13-14H,5-6H2,1-4H3,(H2,10,12). The molecular weight excluding hydrogens is 244 g/mol. The lowest BCUT2D eigenvalue weighted by Crippen LogP contribution is -2.51. The van der Waals surface area contributed by atoms with Crippen molar-refractivity contribution in [2.75, 3.05) is 12.8 Å². The van der Waals surface area contributed by atoms with Crippen molar-refractivity contribution in [3.63, 3.8) is 0 Å². The van der Waals surface area contributed by atoms with Crippen LogP contribution in [0.5, 0.6) is 0 Å².